The molecule has 0 amide bonds. The smallest absolute Gasteiger partial charge is 0.325 e. The summed E-state index contributed by atoms with van der Waals surface area (Å²) in [5, 5.41) is 10.9. The Kier molecular flexibility index (Phi) is 4.13. The van der Waals surface area contributed by atoms with E-state index in [1.165, 1.54) is 0 Å². The molecule has 0 unspecified atom stereocenters. The van der Waals surface area contributed by atoms with E-state index >= 15 is 0 Å². The van der Waals surface area contributed by atoms with E-state index in [4.69, 9.17) is 4.42 Å². The highest BCUT2D eigenvalue weighted by molar-refractivity contribution is 5.89. The molecule has 0 radical (unpaired) electrons. The Morgan fingerprint density at radius 3 is 2.68 bits per heavy atom. The highest BCUT2D eigenvalue weighted by Gasteiger charge is 2.34. The number of fused-ring (bicyclic) bond motifs is 2. The molecule has 5 rings (SSSR count). The van der Waals surface area contributed by atoms with E-state index in [-0.39, 0.29) is 5.92 Å². The summed E-state index contributed by atoms with van der Waals surface area (Å²) in [7, 11) is 0. The first-order chi connectivity index (χ1) is 13.7. The van der Waals surface area contributed by atoms with Crippen LogP contribution in [0.5, 0.6) is 0 Å². The fraction of sp³-hybridized carbons (Fsp3) is 0.273. The summed E-state index contributed by atoms with van der Waals surface area (Å²) < 4.78 is 5.93. The number of carboxylic acid groups (broad SMARTS) is 1. The van der Waals surface area contributed by atoms with Gasteiger partial charge in [-0.1, -0.05) is 30.3 Å². The number of para-hydroxylation sites is 3. The van der Waals surface area contributed by atoms with Gasteiger partial charge in [-0.05, 0) is 31.0 Å². The van der Waals surface area contributed by atoms with Crippen molar-refractivity contribution in [3.8, 4) is 0 Å². The minimum absolute atomic E-state index is 0.223. The van der Waals surface area contributed by atoms with Crippen LogP contribution in [-0.2, 0) is 4.79 Å². The van der Waals surface area contributed by atoms with Crippen molar-refractivity contribution in [3.05, 3.63) is 66.2 Å². The minimum atomic E-state index is -0.815. The number of hydrogen-bond donors (Lipinski definition) is 2. The number of carbonyl (C=O) groups is 1. The van der Waals surface area contributed by atoms with Crippen LogP contribution in [0.25, 0.3) is 22.0 Å². The lowest BCUT2D eigenvalue weighted by molar-refractivity contribution is -0.144. The second-order valence-corrected chi connectivity index (χ2v) is 7.36. The van der Waals surface area contributed by atoms with E-state index in [0.29, 0.717) is 13.1 Å². The van der Waals surface area contributed by atoms with Gasteiger partial charge in [0.15, 0.2) is 11.5 Å². The quantitative estimate of drug-likeness (QED) is 0.555. The monoisotopic (exact) mass is 375 g/mol. The van der Waals surface area contributed by atoms with Crippen LogP contribution in [0, 0.1) is 0 Å². The summed E-state index contributed by atoms with van der Waals surface area (Å²) in [5.74, 6) is 0.172. The Balaban J connectivity index is 1.37. The first-order valence-electron chi connectivity index (χ1n) is 9.59. The molecule has 1 aliphatic rings. The number of H-pyrrole nitrogens is 1. The van der Waals surface area contributed by atoms with Gasteiger partial charge in [-0.25, -0.2) is 4.98 Å². The molecular formula is C22H21N3O3. The number of hydrogen-bond acceptors (Lipinski definition) is 4. The van der Waals surface area contributed by atoms with Gasteiger partial charge < -0.3 is 14.5 Å². The minimum Gasteiger partial charge on any atom is -0.480 e. The van der Waals surface area contributed by atoms with E-state index < -0.39 is 12.0 Å². The number of aromatic nitrogens is 2. The van der Waals surface area contributed by atoms with Crippen molar-refractivity contribution in [2.24, 2.45) is 0 Å². The van der Waals surface area contributed by atoms with Gasteiger partial charge in [0.25, 0.3) is 0 Å². The van der Waals surface area contributed by atoms with Crippen molar-refractivity contribution in [1.29, 1.82) is 0 Å². The first-order valence-corrected chi connectivity index (χ1v) is 9.59. The Hall–Kier alpha value is -3.12. The number of carboxylic acids is 1. The molecule has 2 aromatic carbocycles. The zero-order chi connectivity index (χ0) is 19.1. The standard InChI is InChI=1S/C22H21N3O3/c26-22(27)20(16-13-23-17-6-2-1-5-15(16)17)25-11-9-14(10-12-25)21-24-18-7-3-4-8-19(18)28-21/h1-8,13-14,20,23H,9-12H2,(H,26,27)/t20-/m1/s1. The number of rotatable bonds is 4. The summed E-state index contributed by atoms with van der Waals surface area (Å²) in [6.07, 6.45) is 3.49. The van der Waals surface area contributed by atoms with E-state index in [1.807, 2.05) is 54.7 Å². The highest BCUT2D eigenvalue weighted by Crippen LogP contribution is 2.35. The number of nitrogens with one attached hydrogen (secondary N) is 1. The summed E-state index contributed by atoms with van der Waals surface area (Å²) >= 11 is 0. The van der Waals surface area contributed by atoms with Crippen molar-refractivity contribution in [1.82, 2.24) is 14.9 Å². The van der Waals surface area contributed by atoms with Gasteiger partial charge in [-0.15, -0.1) is 0 Å². The van der Waals surface area contributed by atoms with Crippen LogP contribution in [-0.4, -0.2) is 39.0 Å². The molecule has 1 atom stereocenters. The third-order valence-corrected chi connectivity index (χ3v) is 5.70. The lowest BCUT2D eigenvalue weighted by Crippen LogP contribution is -2.39. The molecule has 1 saturated heterocycles. The molecule has 1 fully saturated rings. The van der Waals surface area contributed by atoms with Crippen molar-refractivity contribution in [2.45, 2.75) is 24.8 Å². The molecule has 3 heterocycles. The van der Waals surface area contributed by atoms with Crippen LogP contribution >= 0.6 is 0 Å². The van der Waals surface area contributed by atoms with E-state index in [0.717, 1.165) is 46.3 Å². The van der Waals surface area contributed by atoms with E-state index in [9.17, 15) is 9.90 Å². The topological polar surface area (TPSA) is 82.4 Å². The molecule has 2 aromatic heterocycles. The maximum Gasteiger partial charge on any atom is 0.325 e. The fourth-order valence-electron chi connectivity index (χ4n) is 4.28. The second-order valence-electron chi connectivity index (χ2n) is 7.36. The summed E-state index contributed by atoms with van der Waals surface area (Å²) in [4.78, 5) is 22.0. The van der Waals surface area contributed by atoms with E-state index in [1.54, 1.807) is 0 Å². The predicted octanol–water partition coefficient (Wildman–Crippen LogP) is 4.31. The average molecular weight is 375 g/mol. The molecule has 0 saturated carbocycles. The highest BCUT2D eigenvalue weighted by atomic mass is 16.4. The van der Waals surface area contributed by atoms with Crippen LogP contribution in [0.3, 0.4) is 0 Å². The van der Waals surface area contributed by atoms with Crippen molar-refractivity contribution in [2.75, 3.05) is 13.1 Å². The summed E-state index contributed by atoms with van der Waals surface area (Å²) in [5.41, 5.74) is 3.47. The number of piperidine rings is 1. The van der Waals surface area contributed by atoms with Gasteiger partial charge >= 0.3 is 5.97 Å². The van der Waals surface area contributed by atoms with Crippen LogP contribution in [0.15, 0.2) is 59.1 Å². The fourth-order valence-corrected chi connectivity index (χ4v) is 4.28. The normalized spacial score (nSPS) is 17.3. The summed E-state index contributed by atoms with van der Waals surface area (Å²) in [6.45, 7) is 1.39. The molecule has 0 spiro atoms. The predicted molar refractivity (Wildman–Crippen MR) is 106 cm³/mol. The number of likely N-dealkylation sites (tertiary alicyclic amines) is 1. The SMILES string of the molecule is O=C(O)[C@@H](c1c[nH]c2ccccc12)N1CCC(c2nc3ccccc3o2)CC1. The molecule has 1 aliphatic heterocycles. The largest absolute Gasteiger partial charge is 0.480 e. The zero-order valence-electron chi connectivity index (χ0n) is 15.3. The molecule has 2 N–H and O–H groups in total. The maximum absolute atomic E-state index is 12.1. The number of aromatic amines is 1. The number of benzene rings is 2. The molecule has 0 aliphatic carbocycles. The van der Waals surface area contributed by atoms with Gasteiger partial charge in [0, 0.05) is 41.7 Å². The Labute approximate surface area is 161 Å². The van der Waals surface area contributed by atoms with Crippen molar-refractivity contribution >= 4 is 28.0 Å². The lowest BCUT2D eigenvalue weighted by atomic mass is 9.94. The Morgan fingerprint density at radius 1 is 1.14 bits per heavy atom. The number of oxazole rings is 1. The molecule has 6 heteroatoms. The summed E-state index contributed by atoms with van der Waals surface area (Å²) in [6, 6.07) is 15.0. The molecule has 6 nitrogen and oxygen atoms in total. The average Bonchev–Trinajstić information content (AvgIpc) is 3.33. The lowest BCUT2D eigenvalue weighted by Gasteiger charge is -2.34. The molecule has 142 valence electrons. The van der Waals surface area contributed by atoms with Crippen LogP contribution in [0.2, 0.25) is 0 Å². The molecular weight excluding hydrogens is 354 g/mol. The molecule has 0 bridgehead atoms. The van der Waals surface area contributed by atoms with Gasteiger partial charge in [0.05, 0.1) is 0 Å². The van der Waals surface area contributed by atoms with Crippen LogP contribution < -0.4 is 0 Å². The van der Waals surface area contributed by atoms with Gasteiger partial charge in [0.1, 0.15) is 11.6 Å². The molecule has 4 aromatic rings. The molecule has 28 heavy (non-hydrogen) atoms. The van der Waals surface area contributed by atoms with E-state index in [2.05, 4.69) is 14.9 Å². The van der Waals surface area contributed by atoms with Gasteiger partial charge in [0.2, 0.25) is 0 Å². The van der Waals surface area contributed by atoms with Crippen molar-refractivity contribution in [3.63, 3.8) is 0 Å². The Morgan fingerprint density at radius 2 is 1.89 bits per heavy atom. The third kappa shape index (κ3) is 2.86. The second kappa shape index (κ2) is 6.80. The van der Waals surface area contributed by atoms with Crippen LogP contribution in [0.4, 0.5) is 0 Å². The zero-order valence-corrected chi connectivity index (χ0v) is 15.3. The van der Waals surface area contributed by atoms with Gasteiger partial charge in [-0.2, -0.15) is 0 Å². The van der Waals surface area contributed by atoms with Crippen molar-refractivity contribution < 1.29 is 14.3 Å². The third-order valence-electron chi connectivity index (χ3n) is 5.70. The number of nitrogens with zero attached hydrogens (tertiary/aromatic N) is 2. The number of aliphatic carboxylic acids is 1. The first kappa shape index (κ1) is 17.0. The Bertz CT molecular complexity index is 1110. The maximum atomic E-state index is 12.1. The van der Waals surface area contributed by atoms with Crippen LogP contribution in [0.1, 0.15) is 36.3 Å². The van der Waals surface area contributed by atoms with Gasteiger partial charge in [-0.3, -0.25) is 9.69 Å².